The number of rotatable bonds is 6. The van der Waals surface area contributed by atoms with E-state index in [0.717, 1.165) is 17.1 Å². The number of carbonyl (C=O) groups excluding carboxylic acids is 1. The first-order chi connectivity index (χ1) is 14.1. The second-order valence-electron chi connectivity index (χ2n) is 6.37. The minimum absolute atomic E-state index is 0.146. The number of fused-ring (bicyclic) bond motifs is 1. The molecule has 0 spiro atoms. The Morgan fingerprint density at radius 3 is 2.41 bits per heavy atom. The Balaban J connectivity index is 1.52. The number of hydrogen-bond acceptors (Lipinski definition) is 5. The number of benzene rings is 3. The van der Waals surface area contributed by atoms with Gasteiger partial charge < -0.3 is 19.8 Å². The number of amides is 1. The summed E-state index contributed by atoms with van der Waals surface area (Å²) in [6.07, 6.45) is 0. The number of nitrogens with zero attached hydrogens (tertiary/aromatic N) is 1. The van der Waals surface area contributed by atoms with Crippen molar-refractivity contribution in [2.24, 2.45) is 0 Å². The summed E-state index contributed by atoms with van der Waals surface area (Å²) >= 11 is 0. The summed E-state index contributed by atoms with van der Waals surface area (Å²) in [7, 11) is 1.61. The van der Waals surface area contributed by atoms with Gasteiger partial charge in [-0.2, -0.15) is 0 Å². The molecule has 4 rings (SSSR count). The summed E-state index contributed by atoms with van der Waals surface area (Å²) in [5, 5.41) is 6.13. The molecule has 4 aromatic rings. The standard InChI is InChI=1S/C22H19N3O4/c1-28-16-12-10-15(11-13-16)23-17-6-2-3-7-18(17)24-21(26)14-25-19-8-4-5-9-20(19)29-22(25)27/h2-13,23H,14H2,1H3,(H,24,26). The minimum Gasteiger partial charge on any atom is -0.497 e. The highest BCUT2D eigenvalue weighted by Crippen LogP contribution is 2.26. The Kier molecular flexibility index (Phi) is 5.03. The van der Waals surface area contributed by atoms with Gasteiger partial charge >= 0.3 is 5.76 Å². The van der Waals surface area contributed by atoms with Crippen LogP contribution in [-0.2, 0) is 11.3 Å². The summed E-state index contributed by atoms with van der Waals surface area (Å²) in [6.45, 7) is -0.146. The van der Waals surface area contributed by atoms with Gasteiger partial charge in [-0.3, -0.25) is 9.36 Å². The molecule has 0 atom stereocenters. The Bertz CT molecular complexity index is 1210. The van der Waals surface area contributed by atoms with Crippen LogP contribution in [-0.4, -0.2) is 17.6 Å². The molecule has 1 heterocycles. The highest BCUT2D eigenvalue weighted by molar-refractivity contribution is 5.95. The zero-order valence-corrected chi connectivity index (χ0v) is 15.7. The van der Waals surface area contributed by atoms with Gasteiger partial charge in [0.15, 0.2) is 5.58 Å². The molecule has 0 aliphatic heterocycles. The fourth-order valence-corrected chi connectivity index (χ4v) is 3.03. The summed E-state index contributed by atoms with van der Waals surface area (Å²) < 4.78 is 11.7. The van der Waals surface area contributed by atoms with E-state index in [1.54, 1.807) is 37.4 Å². The summed E-state index contributed by atoms with van der Waals surface area (Å²) in [6, 6.07) is 21.8. The normalized spacial score (nSPS) is 10.7. The number of hydrogen-bond donors (Lipinski definition) is 2. The van der Waals surface area contributed by atoms with E-state index in [4.69, 9.17) is 9.15 Å². The number of oxazole rings is 1. The second kappa shape index (κ2) is 7.93. The predicted octanol–water partition coefficient (Wildman–Crippen LogP) is 3.99. The van der Waals surface area contributed by atoms with Crippen molar-refractivity contribution in [2.75, 3.05) is 17.7 Å². The van der Waals surface area contributed by atoms with Crippen LogP contribution in [0.5, 0.6) is 5.75 Å². The first-order valence-electron chi connectivity index (χ1n) is 9.02. The Morgan fingerprint density at radius 1 is 0.966 bits per heavy atom. The first-order valence-corrected chi connectivity index (χ1v) is 9.02. The Morgan fingerprint density at radius 2 is 1.66 bits per heavy atom. The van der Waals surface area contributed by atoms with E-state index < -0.39 is 5.76 Å². The quantitative estimate of drug-likeness (QED) is 0.521. The molecule has 1 aromatic heterocycles. The van der Waals surface area contributed by atoms with E-state index in [2.05, 4.69) is 10.6 Å². The average molecular weight is 389 g/mol. The van der Waals surface area contributed by atoms with Gasteiger partial charge in [-0.15, -0.1) is 0 Å². The molecule has 0 radical (unpaired) electrons. The van der Waals surface area contributed by atoms with Gasteiger partial charge in [0.2, 0.25) is 5.91 Å². The third-order valence-electron chi connectivity index (χ3n) is 4.45. The van der Waals surface area contributed by atoms with Crippen LogP contribution in [0.3, 0.4) is 0 Å². The summed E-state index contributed by atoms with van der Waals surface area (Å²) in [4.78, 5) is 24.7. The van der Waals surface area contributed by atoms with Crippen LogP contribution in [0.1, 0.15) is 0 Å². The summed E-state index contributed by atoms with van der Waals surface area (Å²) in [5.41, 5.74) is 3.22. The molecule has 0 bridgehead atoms. The van der Waals surface area contributed by atoms with E-state index >= 15 is 0 Å². The van der Waals surface area contributed by atoms with Crippen molar-refractivity contribution < 1.29 is 13.9 Å². The number of aromatic nitrogens is 1. The van der Waals surface area contributed by atoms with Crippen molar-refractivity contribution in [3.8, 4) is 5.75 Å². The molecule has 1 amide bonds. The molecular formula is C22H19N3O4. The van der Waals surface area contributed by atoms with Crippen LogP contribution in [0.15, 0.2) is 82.0 Å². The fourth-order valence-electron chi connectivity index (χ4n) is 3.03. The van der Waals surface area contributed by atoms with Crippen LogP contribution >= 0.6 is 0 Å². The van der Waals surface area contributed by atoms with Crippen molar-refractivity contribution >= 4 is 34.1 Å². The monoisotopic (exact) mass is 389 g/mol. The Hall–Kier alpha value is -4.00. The average Bonchev–Trinajstić information content (AvgIpc) is 3.05. The second-order valence-corrected chi connectivity index (χ2v) is 6.37. The molecule has 146 valence electrons. The van der Waals surface area contributed by atoms with Crippen LogP contribution in [0.4, 0.5) is 17.1 Å². The smallest absolute Gasteiger partial charge is 0.420 e. The first kappa shape index (κ1) is 18.4. The van der Waals surface area contributed by atoms with Gasteiger partial charge in [0, 0.05) is 5.69 Å². The number of anilines is 3. The maximum Gasteiger partial charge on any atom is 0.420 e. The van der Waals surface area contributed by atoms with Crippen molar-refractivity contribution in [3.05, 3.63) is 83.3 Å². The largest absolute Gasteiger partial charge is 0.497 e. The third kappa shape index (κ3) is 3.98. The molecule has 3 aromatic carbocycles. The van der Waals surface area contributed by atoms with Gasteiger partial charge in [-0.1, -0.05) is 24.3 Å². The molecule has 0 saturated carbocycles. The highest BCUT2D eigenvalue weighted by atomic mass is 16.5. The van der Waals surface area contributed by atoms with Gasteiger partial charge in [-0.05, 0) is 48.5 Å². The van der Waals surface area contributed by atoms with Crippen LogP contribution < -0.4 is 21.1 Å². The van der Waals surface area contributed by atoms with E-state index in [1.807, 2.05) is 42.5 Å². The lowest BCUT2D eigenvalue weighted by Crippen LogP contribution is -2.25. The van der Waals surface area contributed by atoms with E-state index in [-0.39, 0.29) is 12.5 Å². The molecule has 7 heteroatoms. The van der Waals surface area contributed by atoms with Crippen LogP contribution in [0.25, 0.3) is 11.1 Å². The van der Waals surface area contributed by atoms with E-state index in [0.29, 0.717) is 16.8 Å². The van der Waals surface area contributed by atoms with Gasteiger partial charge in [0.25, 0.3) is 0 Å². The molecule has 7 nitrogen and oxygen atoms in total. The van der Waals surface area contributed by atoms with Gasteiger partial charge in [0.1, 0.15) is 12.3 Å². The molecule has 2 N–H and O–H groups in total. The van der Waals surface area contributed by atoms with E-state index in [1.165, 1.54) is 4.57 Å². The lowest BCUT2D eigenvalue weighted by Gasteiger charge is -2.13. The lowest BCUT2D eigenvalue weighted by molar-refractivity contribution is -0.116. The van der Waals surface area contributed by atoms with Crippen LogP contribution in [0.2, 0.25) is 0 Å². The number of nitrogens with one attached hydrogen (secondary N) is 2. The number of ether oxygens (including phenoxy) is 1. The number of para-hydroxylation sites is 4. The van der Waals surface area contributed by atoms with Crippen molar-refractivity contribution in [3.63, 3.8) is 0 Å². The van der Waals surface area contributed by atoms with Crippen molar-refractivity contribution in [1.29, 1.82) is 0 Å². The molecule has 0 unspecified atom stereocenters. The maximum absolute atomic E-state index is 12.6. The summed E-state index contributed by atoms with van der Waals surface area (Å²) in [5.74, 6) is -0.136. The fraction of sp³-hybridized carbons (Fsp3) is 0.0909. The molecule has 0 aliphatic rings. The SMILES string of the molecule is COc1ccc(Nc2ccccc2NC(=O)Cn2c(=O)oc3ccccc32)cc1. The minimum atomic E-state index is -0.564. The van der Waals surface area contributed by atoms with Crippen molar-refractivity contribution in [1.82, 2.24) is 4.57 Å². The zero-order valence-electron chi connectivity index (χ0n) is 15.7. The highest BCUT2D eigenvalue weighted by Gasteiger charge is 2.13. The van der Waals surface area contributed by atoms with Crippen LogP contribution in [0, 0.1) is 0 Å². The third-order valence-corrected chi connectivity index (χ3v) is 4.45. The van der Waals surface area contributed by atoms with E-state index in [9.17, 15) is 9.59 Å². The van der Waals surface area contributed by atoms with Gasteiger partial charge in [0.05, 0.1) is 24.0 Å². The number of methoxy groups -OCH3 is 1. The lowest BCUT2D eigenvalue weighted by atomic mass is 10.2. The molecule has 0 aliphatic carbocycles. The maximum atomic E-state index is 12.6. The zero-order chi connectivity index (χ0) is 20.2. The molecule has 29 heavy (non-hydrogen) atoms. The topological polar surface area (TPSA) is 85.5 Å². The van der Waals surface area contributed by atoms with Crippen molar-refractivity contribution in [2.45, 2.75) is 6.54 Å². The van der Waals surface area contributed by atoms with Gasteiger partial charge in [-0.25, -0.2) is 4.79 Å². The Labute approximate surface area is 166 Å². The molecular weight excluding hydrogens is 370 g/mol. The molecule has 0 saturated heterocycles. The molecule has 0 fully saturated rings. The predicted molar refractivity (Wildman–Crippen MR) is 112 cm³/mol. The number of carbonyl (C=O) groups is 1.